The van der Waals surface area contributed by atoms with Crippen LogP contribution in [0.3, 0.4) is 0 Å². The van der Waals surface area contributed by atoms with Gasteiger partial charge in [-0.1, -0.05) is 127 Å². The Morgan fingerprint density at radius 3 is 2.16 bits per heavy atom. The first-order chi connectivity index (χ1) is 20.9. The molecule has 1 aliphatic heterocycles. The largest absolute Gasteiger partial charge is 0.184 e. The zero-order valence-corrected chi connectivity index (χ0v) is 30.0. The van der Waals surface area contributed by atoms with Crippen LogP contribution < -0.4 is 10.4 Å². The van der Waals surface area contributed by atoms with Gasteiger partial charge in [-0.05, 0) is 36.5 Å². The van der Waals surface area contributed by atoms with Crippen molar-refractivity contribution in [2.75, 3.05) is 0 Å². The monoisotopic (exact) mass is 690 g/mol. The van der Waals surface area contributed by atoms with Gasteiger partial charge in [0.15, 0.2) is 0 Å². The van der Waals surface area contributed by atoms with Crippen LogP contribution >= 0.6 is 17.0 Å². The van der Waals surface area contributed by atoms with E-state index in [0.717, 1.165) is 9.52 Å². The second-order valence-electron chi connectivity index (χ2n) is 11.0. The summed E-state index contributed by atoms with van der Waals surface area (Å²) in [5, 5.41) is 5.54. The predicted molar refractivity (Wildman–Crippen MR) is 186 cm³/mol. The molecular formula is C39H34Cl2SiZr. The van der Waals surface area contributed by atoms with Gasteiger partial charge in [0.05, 0.1) is 9.52 Å². The molecule has 1 unspecified atom stereocenters. The van der Waals surface area contributed by atoms with Gasteiger partial charge in [0.2, 0.25) is 0 Å². The molecule has 2 radical (unpaired) electrons. The summed E-state index contributed by atoms with van der Waals surface area (Å²) in [5.74, 6) is 0.588. The van der Waals surface area contributed by atoms with E-state index in [4.69, 9.17) is 17.0 Å². The molecule has 0 amide bonds. The molecule has 1 heterocycles. The summed E-state index contributed by atoms with van der Waals surface area (Å²) in [6.45, 7) is 8.97. The zero-order valence-electron chi connectivity index (χ0n) is 25.0. The fraction of sp³-hybridized carbons (Fsp3) is 0.154. The standard InChI is InChI=1S/C27H27.C12H7Si.2ClH.Zr/c1-5-20(4)23-16-22-11-12-25(21-9-7-6-8-10-21)27(26(22)17-23)24-14-18(2)13-19(3)15-24;1-3-7-11-9(5-1)10-6-2-4-8-12(10)13-11;;;/h6-17,20H,5H2,1-4H3;1-7H;2*1H;/q2*-1;;;+4/p-2. The Kier molecular flexibility index (Phi) is 11.0. The van der Waals surface area contributed by atoms with Crippen molar-refractivity contribution in [2.24, 2.45) is 0 Å². The summed E-state index contributed by atoms with van der Waals surface area (Å²) in [6, 6.07) is 45.2. The molecule has 0 nitrogen and oxygen atoms in total. The average Bonchev–Trinajstić information content (AvgIpc) is 3.63. The minimum absolute atomic E-state index is 0.588. The van der Waals surface area contributed by atoms with Crippen molar-refractivity contribution >= 4 is 47.7 Å². The Morgan fingerprint density at radius 2 is 1.44 bits per heavy atom. The van der Waals surface area contributed by atoms with Crippen molar-refractivity contribution in [1.29, 1.82) is 0 Å². The molecule has 0 aliphatic carbocycles. The molecule has 0 spiro atoms. The summed E-state index contributed by atoms with van der Waals surface area (Å²) in [6.07, 6.45) is 1.17. The van der Waals surface area contributed by atoms with Crippen LogP contribution in [0.1, 0.15) is 42.9 Å². The number of rotatable bonds is 4. The van der Waals surface area contributed by atoms with E-state index < -0.39 is 20.8 Å². The molecule has 0 saturated heterocycles. The molecule has 0 aromatic heterocycles. The van der Waals surface area contributed by atoms with Gasteiger partial charge in [0.1, 0.15) is 0 Å². The molecule has 43 heavy (non-hydrogen) atoms. The van der Waals surface area contributed by atoms with E-state index in [9.17, 15) is 0 Å². The number of aryl methyl sites for hydroxylation is 2. The van der Waals surface area contributed by atoms with Crippen LogP contribution in [0.4, 0.5) is 0 Å². The van der Waals surface area contributed by atoms with E-state index in [1.165, 1.54) is 77.6 Å². The quantitative estimate of drug-likeness (QED) is 0.127. The van der Waals surface area contributed by atoms with Gasteiger partial charge in [-0.3, -0.25) is 0 Å². The van der Waals surface area contributed by atoms with E-state index in [1.807, 2.05) is 6.07 Å². The number of benzene rings is 5. The molecule has 1 aliphatic rings. The van der Waals surface area contributed by atoms with Crippen LogP contribution in [-0.2, 0) is 20.8 Å². The minimum Gasteiger partial charge on any atom is -0.184 e. The van der Waals surface area contributed by atoms with Crippen LogP contribution in [-0.4, -0.2) is 9.52 Å². The topological polar surface area (TPSA) is 0 Å². The van der Waals surface area contributed by atoms with E-state index in [-0.39, 0.29) is 0 Å². The van der Waals surface area contributed by atoms with Crippen molar-refractivity contribution < 1.29 is 20.8 Å². The Bertz CT molecular complexity index is 1760. The van der Waals surface area contributed by atoms with Crippen molar-refractivity contribution in [3.05, 3.63) is 138 Å². The molecule has 212 valence electrons. The van der Waals surface area contributed by atoms with Gasteiger partial charge < -0.3 is 0 Å². The minimum atomic E-state index is -0.826. The number of hydrogen-bond acceptors (Lipinski definition) is 0. The molecule has 0 N–H and O–H groups in total. The summed E-state index contributed by atoms with van der Waals surface area (Å²) >= 11 is -0.826. The van der Waals surface area contributed by atoms with Crippen LogP contribution in [0.15, 0.2) is 115 Å². The Morgan fingerprint density at radius 1 is 0.767 bits per heavy atom. The van der Waals surface area contributed by atoms with Gasteiger partial charge in [-0.25, -0.2) is 0 Å². The fourth-order valence-electron chi connectivity index (χ4n) is 5.84. The maximum Gasteiger partial charge on any atom is 0.0920 e. The van der Waals surface area contributed by atoms with Gasteiger partial charge in [0, 0.05) is 0 Å². The van der Waals surface area contributed by atoms with E-state index in [1.54, 1.807) is 0 Å². The van der Waals surface area contributed by atoms with Gasteiger partial charge in [-0.15, -0.1) is 34.0 Å². The van der Waals surface area contributed by atoms with Crippen molar-refractivity contribution in [3.8, 4) is 33.4 Å². The molecule has 6 aromatic rings. The molecular weight excluding hydrogens is 659 g/mol. The van der Waals surface area contributed by atoms with Crippen LogP contribution in [0.5, 0.6) is 0 Å². The van der Waals surface area contributed by atoms with Crippen LogP contribution in [0.2, 0.25) is 0 Å². The van der Waals surface area contributed by atoms with E-state index in [0.29, 0.717) is 5.92 Å². The molecule has 0 fully saturated rings. The molecule has 0 bridgehead atoms. The van der Waals surface area contributed by atoms with Gasteiger partial charge in [-0.2, -0.15) is 35.5 Å². The van der Waals surface area contributed by atoms with Gasteiger partial charge >= 0.3 is 37.9 Å². The summed E-state index contributed by atoms with van der Waals surface area (Å²) < 4.78 is 0. The Labute approximate surface area is 278 Å². The first kappa shape index (κ1) is 31.8. The maximum atomic E-state index is 4.93. The smallest absolute Gasteiger partial charge is 0.0920 e. The maximum absolute atomic E-state index is 4.93. The molecule has 1 atom stereocenters. The fourth-order valence-corrected chi connectivity index (χ4v) is 7.15. The third-order valence-corrected chi connectivity index (χ3v) is 9.39. The first-order valence-electron chi connectivity index (χ1n) is 14.6. The van der Waals surface area contributed by atoms with Gasteiger partial charge in [0.25, 0.3) is 0 Å². The second-order valence-corrected chi connectivity index (χ2v) is 16.1. The predicted octanol–water partition coefficient (Wildman–Crippen LogP) is 10.5. The SMILES string of the molecule is CCC(C)c1cc2c(-c3cc(C)cc(C)c3)c(-c3ccccc3)ccc2[cH-]1.[Cl][Zr+2][Cl].[c-]1cccc2c1[Si]c1ccccc1-2. The van der Waals surface area contributed by atoms with E-state index >= 15 is 0 Å². The third-order valence-electron chi connectivity index (χ3n) is 8.02. The van der Waals surface area contributed by atoms with Crippen LogP contribution in [0, 0.1) is 19.9 Å². The van der Waals surface area contributed by atoms with E-state index in [2.05, 4.69) is 143 Å². The first-order valence-corrected chi connectivity index (χ1v) is 22.0. The molecule has 4 heteroatoms. The molecule has 0 saturated carbocycles. The normalized spacial score (nSPS) is 11.8. The molecule has 7 rings (SSSR count). The summed E-state index contributed by atoms with van der Waals surface area (Å²) in [4.78, 5) is 0. The summed E-state index contributed by atoms with van der Waals surface area (Å²) in [7, 11) is 10.7. The number of hydrogen-bond donors (Lipinski definition) is 0. The number of halogens is 2. The summed E-state index contributed by atoms with van der Waals surface area (Å²) in [5.41, 5.74) is 12.1. The average molecular weight is 693 g/mol. The molecule has 6 aromatic carbocycles. The zero-order chi connectivity index (χ0) is 30.3. The third kappa shape index (κ3) is 7.38. The van der Waals surface area contributed by atoms with Crippen molar-refractivity contribution in [3.63, 3.8) is 0 Å². The Hall–Kier alpha value is -2.61. The Balaban J connectivity index is 0.000000190. The second kappa shape index (κ2) is 14.9. The van der Waals surface area contributed by atoms with Crippen LogP contribution in [0.25, 0.3) is 44.2 Å². The number of fused-ring (bicyclic) bond motifs is 4. The van der Waals surface area contributed by atoms with Crippen molar-refractivity contribution in [2.45, 2.75) is 40.0 Å². The van der Waals surface area contributed by atoms with Crippen molar-refractivity contribution in [1.82, 2.24) is 0 Å².